The third-order valence-corrected chi connectivity index (χ3v) is 10.0. The monoisotopic (exact) mass is 688 g/mol. The quantitative estimate of drug-likeness (QED) is 0.0870. The van der Waals surface area contributed by atoms with E-state index in [2.05, 4.69) is 43.3 Å². The molecule has 0 bridgehead atoms. The van der Waals surface area contributed by atoms with E-state index < -0.39 is 77.4 Å². The number of hydrogen-bond donors (Lipinski definition) is 6. The van der Waals surface area contributed by atoms with Crippen LogP contribution in [-0.4, -0.2) is 109 Å². The lowest BCUT2D eigenvalue weighted by atomic mass is 10.0. The van der Waals surface area contributed by atoms with E-state index in [4.69, 9.17) is 20.9 Å². The molecule has 2 saturated heterocycles. The van der Waals surface area contributed by atoms with Gasteiger partial charge in [-0.3, -0.25) is 18.3 Å². The highest BCUT2D eigenvalue weighted by Crippen LogP contribution is 2.56. The van der Waals surface area contributed by atoms with Gasteiger partial charge in [0.1, 0.15) is 60.3 Å². The first-order chi connectivity index (χ1) is 21.6. The molecule has 25 heteroatoms. The molecular formula is C21H26N10O13P2-2. The van der Waals surface area contributed by atoms with E-state index in [-0.39, 0.29) is 34.0 Å². The van der Waals surface area contributed by atoms with Crippen molar-refractivity contribution in [3.05, 3.63) is 25.3 Å². The van der Waals surface area contributed by atoms with E-state index >= 15 is 0 Å². The Kier molecular flexibility index (Phi) is 8.34. The molecule has 0 amide bonds. The fourth-order valence-electron chi connectivity index (χ4n) is 5.13. The molecule has 46 heavy (non-hydrogen) atoms. The van der Waals surface area contributed by atoms with Crippen LogP contribution in [-0.2, 0) is 37.7 Å². The molecule has 250 valence electrons. The number of anilines is 2. The molecule has 23 nitrogen and oxygen atoms in total. The molecule has 2 aliphatic rings. The molecule has 4 aromatic heterocycles. The predicted molar refractivity (Wildman–Crippen MR) is 144 cm³/mol. The third kappa shape index (κ3) is 5.75. The summed E-state index contributed by atoms with van der Waals surface area (Å²) in [7, 11) is -11.4. The van der Waals surface area contributed by atoms with Gasteiger partial charge >= 0.3 is 0 Å². The van der Waals surface area contributed by atoms with Crippen molar-refractivity contribution < 1.29 is 62.2 Å². The Morgan fingerprint density at radius 3 is 2.07 bits per heavy atom. The first-order valence-corrected chi connectivity index (χ1v) is 16.1. The van der Waals surface area contributed by atoms with Gasteiger partial charge in [-0.25, -0.2) is 34.2 Å². The third-order valence-electron chi connectivity index (χ3n) is 7.48. The normalized spacial score (nSPS) is 32.6. The minimum atomic E-state index is -5.70. The van der Waals surface area contributed by atoms with Crippen LogP contribution in [0.1, 0.15) is 13.2 Å². The Hall–Kier alpha value is -3.28. The van der Waals surface area contributed by atoms with Crippen LogP contribution in [0.3, 0.4) is 0 Å². The Balaban J connectivity index is 1.06. The smallest absolute Gasteiger partial charge is 0.274 e. The average Bonchev–Trinajstić information content (AvgIpc) is 3.74. The molecule has 4 unspecified atom stereocenters. The number of nitrogens with zero attached hydrogens (tertiary/aromatic N) is 8. The SMILES string of the molecule is C[C@]1(n2cnc3c(N)ncnc32)O[C@@H](COP(=O)([O-])OP(=O)([O-])OC[C@H]2O[C@@H](n3cnc4c(N)ncnc43)C(O)[C@H]2O)C(O)[C@H]1O. The van der Waals surface area contributed by atoms with E-state index in [0.717, 1.165) is 12.7 Å². The fraction of sp³-hybridized carbons (Fsp3) is 0.524. The van der Waals surface area contributed by atoms with Crippen LogP contribution in [0.25, 0.3) is 22.3 Å². The molecule has 0 spiro atoms. The molecular weight excluding hydrogens is 662 g/mol. The maximum absolute atomic E-state index is 12.4. The summed E-state index contributed by atoms with van der Waals surface area (Å²) in [5, 5.41) is 42.2. The minimum absolute atomic E-state index is 0.0338. The van der Waals surface area contributed by atoms with Crippen molar-refractivity contribution in [1.29, 1.82) is 0 Å². The summed E-state index contributed by atoms with van der Waals surface area (Å²) in [5.41, 5.74) is 10.4. The number of phosphoric ester groups is 2. The standard InChI is InChI=1S/C21H28N10O13P2/c1-21(31-7-29-11-17(23)25-5-27-19(11)31)15(35)13(33)9(43-21)3-41-46(38,39)44-45(36,37)40-2-8-12(32)14(34)20(42-8)30-6-28-10-16(22)24-4-26-18(10)30/h4-9,12-15,20,32-35H,2-3H2,1H3,(H,36,37)(H,38,39)(H2,22,24,26)(H2,23,25,27)/p-2/t8-,9+,12+,13?,14?,15-,20-,21+/m1/s1. The van der Waals surface area contributed by atoms with Crippen molar-refractivity contribution in [1.82, 2.24) is 39.0 Å². The number of aliphatic hydroxyl groups is 4. The number of nitrogens with two attached hydrogens (primary N) is 2. The predicted octanol–water partition coefficient (Wildman–Crippen LogP) is -3.77. The molecule has 10 atom stereocenters. The number of hydrogen-bond acceptors (Lipinski definition) is 21. The van der Waals surface area contributed by atoms with Crippen LogP contribution >= 0.6 is 15.6 Å². The van der Waals surface area contributed by atoms with E-state index in [1.54, 1.807) is 0 Å². The van der Waals surface area contributed by atoms with Crippen LogP contribution in [0, 0.1) is 0 Å². The Morgan fingerprint density at radius 1 is 0.848 bits per heavy atom. The van der Waals surface area contributed by atoms with E-state index in [9.17, 15) is 39.3 Å². The zero-order chi connectivity index (χ0) is 33.2. The van der Waals surface area contributed by atoms with Gasteiger partial charge in [0.25, 0.3) is 15.6 Å². The van der Waals surface area contributed by atoms with Crippen molar-refractivity contribution in [2.75, 3.05) is 24.7 Å². The minimum Gasteiger partial charge on any atom is -0.756 e. The van der Waals surface area contributed by atoms with Gasteiger partial charge in [-0.05, 0) is 6.92 Å². The van der Waals surface area contributed by atoms with Gasteiger partial charge in [0.2, 0.25) is 0 Å². The summed E-state index contributed by atoms with van der Waals surface area (Å²) >= 11 is 0. The van der Waals surface area contributed by atoms with Crippen LogP contribution in [0.2, 0.25) is 0 Å². The zero-order valence-corrected chi connectivity index (χ0v) is 25.1. The lowest BCUT2D eigenvalue weighted by Crippen LogP contribution is -2.43. The molecule has 0 aromatic carbocycles. The molecule has 6 rings (SSSR count). The Bertz CT molecular complexity index is 1860. The van der Waals surface area contributed by atoms with Gasteiger partial charge in [-0.15, -0.1) is 0 Å². The molecule has 2 fully saturated rings. The van der Waals surface area contributed by atoms with Crippen molar-refractivity contribution >= 4 is 49.6 Å². The number of ether oxygens (including phenoxy) is 2. The second-order valence-corrected chi connectivity index (χ2v) is 13.3. The van der Waals surface area contributed by atoms with Crippen LogP contribution in [0.4, 0.5) is 11.6 Å². The van der Waals surface area contributed by atoms with Crippen molar-refractivity contribution in [2.24, 2.45) is 0 Å². The summed E-state index contributed by atoms with van der Waals surface area (Å²) in [6, 6.07) is 0. The zero-order valence-electron chi connectivity index (χ0n) is 23.4. The number of phosphoric acid groups is 2. The molecule has 0 saturated carbocycles. The number of fused-ring (bicyclic) bond motifs is 2. The van der Waals surface area contributed by atoms with Gasteiger partial charge in [0.05, 0.1) is 25.9 Å². The Morgan fingerprint density at radius 2 is 1.41 bits per heavy atom. The van der Waals surface area contributed by atoms with Gasteiger partial charge in [0.15, 0.2) is 34.9 Å². The van der Waals surface area contributed by atoms with Crippen molar-refractivity contribution in [2.45, 2.75) is 55.5 Å². The molecule has 0 radical (unpaired) electrons. The highest BCUT2D eigenvalue weighted by molar-refractivity contribution is 7.59. The van der Waals surface area contributed by atoms with E-state index in [0.29, 0.717) is 0 Å². The molecule has 4 aromatic rings. The molecule has 6 heterocycles. The maximum Gasteiger partial charge on any atom is 0.274 e. The second-order valence-electron chi connectivity index (χ2n) is 10.4. The first kappa shape index (κ1) is 32.7. The number of imidazole rings is 2. The lowest BCUT2D eigenvalue weighted by Gasteiger charge is -2.32. The lowest BCUT2D eigenvalue weighted by molar-refractivity contribution is -0.247. The van der Waals surface area contributed by atoms with Gasteiger partial charge in [0, 0.05) is 0 Å². The van der Waals surface area contributed by atoms with Crippen molar-refractivity contribution in [3.63, 3.8) is 0 Å². The maximum atomic E-state index is 12.4. The summed E-state index contributed by atoms with van der Waals surface area (Å²) in [6.45, 7) is -0.627. The number of aromatic nitrogens is 8. The average molecular weight is 688 g/mol. The molecule has 0 aliphatic carbocycles. The summed E-state index contributed by atoms with van der Waals surface area (Å²) in [6.07, 6.45) is -6.34. The summed E-state index contributed by atoms with van der Waals surface area (Å²) in [5.74, 6) is 0.0727. The fourth-order valence-corrected chi connectivity index (χ4v) is 7.14. The molecule has 8 N–H and O–H groups in total. The first-order valence-electron chi connectivity index (χ1n) is 13.2. The highest BCUT2D eigenvalue weighted by Gasteiger charge is 2.53. The van der Waals surface area contributed by atoms with E-state index in [1.807, 2.05) is 0 Å². The summed E-state index contributed by atoms with van der Waals surface area (Å²) < 4.78 is 51.8. The van der Waals surface area contributed by atoms with Gasteiger partial charge in [-0.2, -0.15) is 0 Å². The number of nitrogen functional groups attached to an aromatic ring is 2. The summed E-state index contributed by atoms with van der Waals surface area (Å²) in [4.78, 5) is 48.5. The number of aliphatic hydroxyl groups excluding tert-OH is 4. The van der Waals surface area contributed by atoms with Crippen molar-refractivity contribution in [3.8, 4) is 0 Å². The van der Waals surface area contributed by atoms with Gasteiger partial charge in [-0.1, -0.05) is 0 Å². The van der Waals surface area contributed by atoms with Gasteiger partial charge < -0.3 is 60.2 Å². The Labute approximate surface area is 256 Å². The molecule has 2 aliphatic heterocycles. The van der Waals surface area contributed by atoms with Crippen LogP contribution in [0.15, 0.2) is 25.3 Å². The highest BCUT2D eigenvalue weighted by atomic mass is 31.3. The largest absolute Gasteiger partial charge is 0.756 e. The van der Waals surface area contributed by atoms with E-state index in [1.165, 1.54) is 28.7 Å². The van der Waals surface area contributed by atoms with Crippen LogP contribution < -0.4 is 21.3 Å². The van der Waals surface area contributed by atoms with Crippen LogP contribution in [0.5, 0.6) is 0 Å². The topological polar surface area (TPSA) is 347 Å². The second kappa shape index (κ2) is 11.8. The number of rotatable bonds is 10.